The Balaban J connectivity index is 1.07. The lowest BCUT2D eigenvalue weighted by Crippen LogP contribution is -2.14. The molecule has 0 saturated heterocycles. The third kappa shape index (κ3) is 6.18. The minimum atomic E-state index is -0.157. The second-order valence-corrected chi connectivity index (χ2v) is 17.6. The molecule has 0 fully saturated rings. The molecule has 3 aromatic heterocycles. The number of nitrogens with zero attached hydrogens (tertiary/aromatic N) is 5. The maximum Gasteiger partial charge on any atom is 0.164 e. The fraction of sp³-hybridized carbons (Fsp3) is 0.0833. The van der Waals surface area contributed by atoms with Crippen LogP contribution in [0.1, 0.15) is 43.2 Å². The van der Waals surface area contributed by atoms with E-state index in [9.17, 15) is 0 Å². The highest BCUT2D eigenvalue weighted by molar-refractivity contribution is 6.13. The molecule has 1 aliphatic carbocycles. The largest absolute Gasteiger partial charge is 0.313 e. The minimum absolute atomic E-state index is 0.157. The van der Waals surface area contributed by atoms with Gasteiger partial charge in [-0.25, -0.2) is 15.0 Å². The Labute approximate surface area is 378 Å². The van der Waals surface area contributed by atoms with Crippen molar-refractivity contribution in [3.8, 4) is 67.8 Å². The molecular weight excluding hydrogens is 791 g/mol. The van der Waals surface area contributed by atoms with E-state index >= 15 is 0 Å². The van der Waals surface area contributed by atoms with E-state index in [-0.39, 0.29) is 5.41 Å². The number of hydrogen-bond acceptors (Lipinski definition) is 3. The number of rotatable bonds is 7. The summed E-state index contributed by atoms with van der Waals surface area (Å²) in [5.74, 6) is 1.91. The van der Waals surface area contributed by atoms with Gasteiger partial charge < -0.3 is 9.13 Å². The molecule has 0 unspecified atom stereocenters. The zero-order valence-corrected chi connectivity index (χ0v) is 36.8. The molecule has 310 valence electrons. The average Bonchev–Trinajstić information content (AvgIpc) is 3.91. The van der Waals surface area contributed by atoms with Crippen LogP contribution < -0.4 is 0 Å². The summed E-state index contributed by atoms with van der Waals surface area (Å²) in [4.78, 5) is 15.2. The summed E-state index contributed by atoms with van der Waals surface area (Å²) < 4.78 is 4.81. The number of allylic oxidation sites excluding steroid dienone is 1. The van der Waals surface area contributed by atoms with Crippen LogP contribution in [0.2, 0.25) is 0 Å². The van der Waals surface area contributed by atoms with E-state index in [2.05, 4.69) is 201 Å². The minimum Gasteiger partial charge on any atom is -0.313 e. The van der Waals surface area contributed by atoms with Crippen LogP contribution in [-0.2, 0) is 5.41 Å². The second kappa shape index (κ2) is 15.0. The summed E-state index contributed by atoms with van der Waals surface area (Å²) in [5, 5.41) is 3.66. The SMILES string of the molecule is C/C=C\c1c(C)n(-c2ccccc2)c2ccc(-c3ccc4c(c3)c3cc5c(cc3n4-c3cccc(-c4nc(-c6ccccc6)nc(-c6ccccc6)n4)c3)C(C)(C)c3ccccc3-5)cc12. The third-order valence-electron chi connectivity index (χ3n) is 13.5. The quantitative estimate of drug-likeness (QED) is 0.161. The average molecular weight is 836 g/mol. The molecule has 5 nitrogen and oxygen atoms in total. The molecule has 65 heavy (non-hydrogen) atoms. The fourth-order valence-corrected chi connectivity index (χ4v) is 10.3. The van der Waals surface area contributed by atoms with E-state index in [1.165, 1.54) is 71.8 Å². The first-order chi connectivity index (χ1) is 31.9. The molecule has 0 N–H and O–H groups in total. The van der Waals surface area contributed by atoms with Gasteiger partial charge in [0.25, 0.3) is 0 Å². The first-order valence-electron chi connectivity index (χ1n) is 22.4. The zero-order valence-electron chi connectivity index (χ0n) is 36.8. The summed E-state index contributed by atoms with van der Waals surface area (Å²) in [7, 11) is 0. The Morgan fingerprint density at radius 1 is 0.415 bits per heavy atom. The molecule has 12 rings (SSSR count). The maximum atomic E-state index is 5.11. The van der Waals surface area contributed by atoms with Crippen molar-refractivity contribution in [2.24, 2.45) is 0 Å². The maximum absolute atomic E-state index is 5.11. The molecule has 0 atom stereocenters. The van der Waals surface area contributed by atoms with Crippen LogP contribution in [0.25, 0.3) is 107 Å². The third-order valence-corrected chi connectivity index (χ3v) is 13.5. The van der Waals surface area contributed by atoms with Gasteiger partial charge in [-0.05, 0) is 108 Å². The molecule has 0 amide bonds. The van der Waals surface area contributed by atoms with E-state index in [0.29, 0.717) is 17.5 Å². The first-order valence-corrected chi connectivity index (χ1v) is 22.4. The van der Waals surface area contributed by atoms with Gasteiger partial charge in [0.05, 0.1) is 16.6 Å². The number of benzene rings is 8. The molecule has 5 heteroatoms. The lowest BCUT2D eigenvalue weighted by molar-refractivity contribution is 0.661. The smallest absolute Gasteiger partial charge is 0.164 e. The predicted octanol–water partition coefficient (Wildman–Crippen LogP) is 15.2. The molecule has 0 saturated carbocycles. The van der Waals surface area contributed by atoms with Gasteiger partial charge >= 0.3 is 0 Å². The van der Waals surface area contributed by atoms with Crippen LogP contribution in [0.5, 0.6) is 0 Å². The van der Waals surface area contributed by atoms with Crippen molar-refractivity contribution in [3.63, 3.8) is 0 Å². The molecule has 0 radical (unpaired) electrons. The van der Waals surface area contributed by atoms with E-state index in [1.807, 2.05) is 36.4 Å². The lowest BCUT2D eigenvalue weighted by Gasteiger charge is -2.21. The first kappa shape index (κ1) is 38.5. The number of para-hydroxylation sites is 1. The molecule has 0 bridgehead atoms. The highest BCUT2D eigenvalue weighted by Crippen LogP contribution is 2.51. The molecule has 0 spiro atoms. The number of fused-ring (bicyclic) bond motifs is 7. The molecule has 8 aromatic carbocycles. The van der Waals surface area contributed by atoms with Gasteiger partial charge in [0.1, 0.15) is 0 Å². The molecular formula is C60H45N5. The Morgan fingerprint density at radius 2 is 0.954 bits per heavy atom. The molecule has 3 heterocycles. The Hall–Kier alpha value is -8.15. The van der Waals surface area contributed by atoms with Crippen LogP contribution in [-0.4, -0.2) is 24.1 Å². The van der Waals surface area contributed by atoms with E-state index in [4.69, 9.17) is 15.0 Å². The summed E-state index contributed by atoms with van der Waals surface area (Å²) >= 11 is 0. The molecule has 0 aliphatic heterocycles. The highest BCUT2D eigenvalue weighted by Gasteiger charge is 2.36. The van der Waals surface area contributed by atoms with Crippen molar-refractivity contribution in [3.05, 3.63) is 217 Å². The van der Waals surface area contributed by atoms with Crippen molar-refractivity contribution in [1.29, 1.82) is 0 Å². The summed E-state index contributed by atoms with van der Waals surface area (Å²) in [5.41, 5.74) is 18.5. The van der Waals surface area contributed by atoms with Crippen LogP contribution >= 0.6 is 0 Å². The number of hydrogen-bond donors (Lipinski definition) is 0. The standard InChI is InChI=1S/C60H45N5/c1-5-18-46-38(2)64(44-24-13-8-14-25-44)54-31-29-41(34-49(46)54)42-30-32-55-50(35-42)51-36-48-47-27-15-16-28-52(47)60(3,4)53(48)37-56(51)65(55)45-26-17-23-43(33-45)59-62-57(39-19-9-6-10-20-39)61-58(63-59)40-21-11-7-12-22-40/h5-37H,1-4H3/b18-5-. The van der Waals surface area contributed by atoms with Crippen LogP contribution in [0.3, 0.4) is 0 Å². The van der Waals surface area contributed by atoms with Gasteiger partial charge in [-0.15, -0.1) is 0 Å². The zero-order chi connectivity index (χ0) is 43.8. The van der Waals surface area contributed by atoms with Crippen molar-refractivity contribution < 1.29 is 0 Å². The summed E-state index contributed by atoms with van der Waals surface area (Å²) in [6, 6.07) is 67.4. The van der Waals surface area contributed by atoms with Crippen molar-refractivity contribution in [2.45, 2.75) is 33.1 Å². The van der Waals surface area contributed by atoms with Gasteiger partial charge in [-0.3, -0.25) is 0 Å². The monoisotopic (exact) mass is 835 g/mol. The highest BCUT2D eigenvalue weighted by atomic mass is 15.0. The molecule has 11 aromatic rings. The van der Waals surface area contributed by atoms with E-state index in [0.717, 1.165) is 33.6 Å². The van der Waals surface area contributed by atoms with Crippen molar-refractivity contribution in [2.75, 3.05) is 0 Å². The Bertz CT molecular complexity index is 3630. The van der Waals surface area contributed by atoms with Gasteiger partial charge in [0.15, 0.2) is 17.5 Å². The second-order valence-electron chi connectivity index (χ2n) is 17.6. The van der Waals surface area contributed by atoms with E-state index in [1.54, 1.807) is 0 Å². The Morgan fingerprint density at radius 3 is 1.62 bits per heavy atom. The van der Waals surface area contributed by atoms with Gasteiger partial charge in [-0.1, -0.05) is 153 Å². The van der Waals surface area contributed by atoms with Gasteiger partial charge in [0, 0.05) is 60.9 Å². The normalized spacial score (nSPS) is 13.0. The summed E-state index contributed by atoms with van der Waals surface area (Å²) in [6.45, 7) is 9.03. The lowest BCUT2D eigenvalue weighted by atomic mass is 9.82. The Kier molecular flexibility index (Phi) is 8.89. The van der Waals surface area contributed by atoms with E-state index < -0.39 is 0 Å². The van der Waals surface area contributed by atoms with Gasteiger partial charge in [-0.2, -0.15) is 0 Å². The van der Waals surface area contributed by atoms with Crippen LogP contribution in [0.15, 0.2) is 194 Å². The predicted molar refractivity (Wildman–Crippen MR) is 270 cm³/mol. The summed E-state index contributed by atoms with van der Waals surface area (Å²) in [6.07, 6.45) is 4.39. The van der Waals surface area contributed by atoms with Crippen molar-refractivity contribution in [1.82, 2.24) is 24.1 Å². The topological polar surface area (TPSA) is 48.5 Å². The van der Waals surface area contributed by atoms with Crippen LogP contribution in [0.4, 0.5) is 0 Å². The number of aromatic nitrogens is 5. The molecule has 1 aliphatic rings. The van der Waals surface area contributed by atoms with Crippen LogP contribution in [0, 0.1) is 6.92 Å². The van der Waals surface area contributed by atoms with Gasteiger partial charge in [0.2, 0.25) is 0 Å². The van der Waals surface area contributed by atoms with Crippen molar-refractivity contribution >= 4 is 38.8 Å². The fourth-order valence-electron chi connectivity index (χ4n) is 10.3.